The second-order valence-electron chi connectivity index (χ2n) is 6.92. The van der Waals surface area contributed by atoms with Gasteiger partial charge in [-0.05, 0) is 42.0 Å². The molecule has 0 atom stereocenters. The fourth-order valence-corrected chi connectivity index (χ4v) is 3.16. The number of rotatable bonds is 7. The zero-order chi connectivity index (χ0) is 23.5. The van der Waals surface area contributed by atoms with Gasteiger partial charge in [0.25, 0.3) is 0 Å². The van der Waals surface area contributed by atoms with Crippen LogP contribution in [0.1, 0.15) is 21.5 Å². The minimum atomic E-state index is -1.64. The van der Waals surface area contributed by atoms with Crippen molar-refractivity contribution in [3.05, 3.63) is 88.5 Å². The molecule has 0 bridgehead atoms. The third-order valence-corrected chi connectivity index (χ3v) is 4.83. The van der Waals surface area contributed by atoms with Crippen LogP contribution in [-0.4, -0.2) is 19.7 Å². The number of methoxy groups -OCH3 is 1. The number of hydrogen-bond acceptors (Lipinski definition) is 5. The van der Waals surface area contributed by atoms with Crippen LogP contribution >= 0.6 is 0 Å². The molecule has 9 heteroatoms. The van der Waals surface area contributed by atoms with Gasteiger partial charge in [0.15, 0.2) is 34.7 Å². The van der Waals surface area contributed by atoms with Gasteiger partial charge >= 0.3 is 0 Å². The Balaban J connectivity index is 1.53. The number of allylic oxidation sites excluding steroid dienone is 1. The van der Waals surface area contributed by atoms with Crippen molar-refractivity contribution < 1.29 is 41.3 Å². The van der Waals surface area contributed by atoms with Gasteiger partial charge in [-0.3, -0.25) is 4.79 Å². The number of benzene rings is 3. The molecule has 0 unspecified atom stereocenters. The molecule has 170 valence electrons. The average molecular weight is 460 g/mol. The number of ketones is 1. The highest BCUT2D eigenvalue weighted by Gasteiger charge is 2.21. The van der Waals surface area contributed by atoms with E-state index in [-0.39, 0.29) is 18.6 Å². The van der Waals surface area contributed by atoms with E-state index >= 15 is 0 Å². The van der Waals surface area contributed by atoms with Gasteiger partial charge < -0.3 is 18.9 Å². The molecule has 0 saturated heterocycles. The zero-order valence-corrected chi connectivity index (χ0v) is 17.2. The molecule has 0 saturated carbocycles. The van der Waals surface area contributed by atoms with Crippen molar-refractivity contribution in [1.82, 2.24) is 0 Å². The summed E-state index contributed by atoms with van der Waals surface area (Å²) in [7, 11) is 1.38. The molecule has 0 spiro atoms. The Bertz CT molecular complexity index is 1230. The van der Waals surface area contributed by atoms with Crippen LogP contribution in [-0.2, 0) is 6.61 Å². The van der Waals surface area contributed by atoms with Gasteiger partial charge in [-0.1, -0.05) is 12.1 Å². The van der Waals surface area contributed by atoms with Crippen molar-refractivity contribution in [2.75, 3.05) is 13.9 Å². The predicted molar refractivity (Wildman–Crippen MR) is 110 cm³/mol. The molecule has 0 amide bonds. The highest BCUT2D eigenvalue weighted by molar-refractivity contribution is 6.07. The molecule has 0 radical (unpaired) electrons. The second-order valence-corrected chi connectivity index (χ2v) is 6.92. The van der Waals surface area contributed by atoms with Crippen LogP contribution in [0.4, 0.5) is 17.6 Å². The summed E-state index contributed by atoms with van der Waals surface area (Å²) in [4.78, 5) is 12.5. The number of carbonyl (C=O) groups excluding carboxylic acids is 1. The summed E-state index contributed by atoms with van der Waals surface area (Å²) in [5.74, 6) is -6.55. The van der Waals surface area contributed by atoms with Crippen LogP contribution in [0.5, 0.6) is 23.0 Å². The van der Waals surface area contributed by atoms with E-state index in [9.17, 15) is 22.4 Å². The second kappa shape index (κ2) is 9.23. The minimum Gasteiger partial charge on any atom is -0.496 e. The lowest BCUT2D eigenvalue weighted by Gasteiger charge is -2.13. The van der Waals surface area contributed by atoms with E-state index in [1.807, 2.05) is 0 Å². The summed E-state index contributed by atoms with van der Waals surface area (Å²) in [5, 5.41) is 0. The molecule has 0 fully saturated rings. The summed E-state index contributed by atoms with van der Waals surface area (Å²) < 4.78 is 75.2. The van der Waals surface area contributed by atoms with Crippen molar-refractivity contribution >= 4 is 11.9 Å². The first-order valence-electron chi connectivity index (χ1n) is 9.62. The lowest BCUT2D eigenvalue weighted by atomic mass is 10.1. The zero-order valence-electron chi connectivity index (χ0n) is 17.2. The Morgan fingerprint density at radius 3 is 2.42 bits per heavy atom. The Labute approximate surface area is 185 Å². The van der Waals surface area contributed by atoms with Gasteiger partial charge in [0.2, 0.25) is 18.4 Å². The van der Waals surface area contributed by atoms with Gasteiger partial charge in [-0.2, -0.15) is 8.78 Å². The summed E-state index contributed by atoms with van der Waals surface area (Å²) in [5.41, 5.74) is 1.28. The van der Waals surface area contributed by atoms with E-state index in [1.165, 1.54) is 19.3 Å². The van der Waals surface area contributed by atoms with Gasteiger partial charge in [0.1, 0.15) is 12.4 Å². The van der Waals surface area contributed by atoms with Gasteiger partial charge in [-0.25, -0.2) is 8.78 Å². The number of hydrogen-bond donors (Lipinski definition) is 0. The number of carbonyl (C=O) groups is 1. The highest BCUT2D eigenvalue weighted by atomic mass is 19.2. The summed E-state index contributed by atoms with van der Waals surface area (Å²) in [6, 6.07) is 9.67. The number of fused-ring (bicyclic) bond motifs is 1. The maximum atomic E-state index is 13.9. The van der Waals surface area contributed by atoms with Crippen LogP contribution in [0, 0.1) is 23.3 Å². The van der Waals surface area contributed by atoms with E-state index in [0.29, 0.717) is 33.9 Å². The van der Waals surface area contributed by atoms with E-state index < -0.39 is 35.6 Å². The van der Waals surface area contributed by atoms with E-state index in [0.717, 1.165) is 0 Å². The molecule has 3 aromatic carbocycles. The monoisotopic (exact) mass is 460 g/mol. The number of halogens is 4. The lowest BCUT2D eigenvalue weighted by Crippen LogP contribution is -2.05. The van der Waals surface area contributed by atoms with Crippen LogP contribution in [0.2, 0.25) is 0 Å². The summed E-state index contributed by atoms with van der Waals surface area (Å²) in [6.07, 6.45) is 2.87. The first-order valence-corrected chi connectivity index (χ1v) is 9.62. The molecular formula is C24H16F4O5. The van der Waals surface area contributed by atoms with Gasteiger partial charge in [-0.15, -0.1) is 0 Å². The Kier molecular flexibility index (Phi) is 6.21. The lowest BCUT2D eigenvalue weighted by molar-refractivity contribution is 0.104. The third kappa shape index (κ3) is 4.62. The quantitative estimate of drug-likeness (QED) is 0.203. The molecule has 3 aromatic rings. The molecule has 4 rings (SSSR count). The molecule has 33 heavy (non-hydrogen) atoms. The molecule has 0 N–H and O–H groups in total. The Hall–Kier alpha value is -4.01. The van der Waals surface area contributed by atoms with Crippen molar-refractivity contribution in [3.8, 4) is 23.0 Å². The Morgan fingerprint density at radius 1 is 0.970 bits per heavy atom. The van der Waals surface area contributed by atoms with E-state index in [4.69, 9.17) is 18.9 Å². The topological polar surface area (TPSA) is 54.0 Å². The van der Waals surface area contributed by atoms with Gasteiger partial charge in [0, 0.05) is 17.2 Å². The minimum absolute atomic E-state index is 0.0928. The maximum Gasteiger partial charge on any atom is 0.231 e. The SMILES string of the molecule is COc1ccc(/C=C/C(=O)c2ccc3c(c2)OCO3)cc1COc1c(F)c(F)cc(F)c1F. The summed E-state index contributed by atoms with van der Waals surface area (Å²) >= 11 is 0. The van der Waals surface area contributed by atoms with Crippen LogP contribution < -0.4 is 18.9 Å². The van der Waals surface area contributed by atoms with Crippen LogP contribution in [0.3, 0.4) is 0 Å². The van der Waals surface area contributed by atoms with Crippen LogP contribution in [0.15, 0.2) is 48.5 Å². The van der Waals surface area contributed by atoms with Crippen molar-refractivity contribution in [3.63, 3.8) is 0 Å². The van der Waals surface area contributed by atoms with E-state index in [2.05, 4.69) is 0 Å². The standard InChI is InChI=1S/C24H16F4O5/c1-30-19-6-3-13(2-5-18(29)14-4-7-20-21(9-14)33-12-32-20)8-15(19)11-31-24-22(27)16(25)10-17(26)23(24)28/h2-10H,11-12H2,1H3/b5-2+. The molecule has 1 aliphatic rings. The predicted octanol–water partition coefficient (Wildman–Crippen LogP) is 5.46. The molecule has 5 nitrogen and oxygen atoms in total. The molecule has 0 aromatic heterocycles. The van der Waals surface area contributed by atoms with E-state index in [1.54, 1.807) is 36.4 Å². The van der Waals surface area contributed by atoms with Crippen molar-refractivity contribution in [1.29, 1.82) is 0 Å². The van der Waals surface area contributed by atoms with Crippen molar-refractivity contribution in [2.45, 2.75) is 6.61 Å². The van der Waals surface area contributed by atoms with Crippen LogP contribution in [0.25, 0.3) is 6.08 Å². The smallest absolute Gasteiger partial charge is 0.231 e. The first kappa shape index (κ1) is 22.2. The normalized spacial score (nSPS) is 12.3. The number of ether oxygens (including phenoxy) is 4. The molecule has 0 aliphatic carbocycles. The summed E-state index contributed by atoms with van der Waals surface area (Å²) in [6.45, 7) is -0.354. The fourth-order valence-electron chi connectivity index (χ4n) is 3.16. The highest BCUT2D eigenvalue weighted by Crippen LogP contribution is 2.33. The first-order chi connectivity index (χ1) is 15.9. The molecule has 1 heterocycles. The third-order valence-electron chi connectivity index (χ3n) is 4.83. The maximum absolute atomic E-state index is 13.9. The molecular weight excluding hydrogens is 444 g/mol. The largest absolute Gasteiger partial charge is 0.496 e. The van der Waals surface area contributed by atoms with Gasteiger partial charge in [0.05, 0.1) is 7.11 Å². The molecule has 1 aliphatic heterocycles. The fraction of sp³-hybridized carbons (Fsp3) is 0.125. The Morgan fingerprint density at radius 2 is 1.70 bits per heavy atom. The average Bonchev–Trinajstić information content (AvgIpc) is 3.29. The van der Waals surface area contributed by atoms with Crippen molar-refractivity contribution in [2.24, 2.45) is 0 Å².